The minimum absolute atomic E-state index is 0.336. The molecule has 2 aromatic carbocycles. The van der Waals surface area contributed by atoms with E-state index in [4.69, 9.17) is 4.74 Å². The van der Waals surface area contributed by atoms with Gasteiger partial charge in [-0.2, -0.15) is 0 Å². The molecule has 0 saturated carbocycles. The Bertz CT molecular complexity index is 657. The van der Waals surface area contributed by atoms with E-state index >= 15 is 0 Å². The lowest BCUT2D eigenvalue weighted by Crippen LogP contribution is -2.30. The smallest absolute Gasteiger partial charge is 0.319 e. The van der Waals surface area contributed by atoms with E-state index in [-0.39, 0.29) is 11.8 Å². The number of aryl methyl sites for hydroxylation is 1. The molecular weight excluding hydrogens is 295 g/mol. The van der Waals surface area contributed by atoms with Gasteiger partial charge in [-0.3, -0.25) is 0 Å². The molecule has 0 spiro atoms. The summed E-state index contributed by atoms with van der Waals surface area (Å²) in [5.41, 5.74) is 2.09. The van der Waals surface area contributed by atoms with Crippen LogP contribution in [-0.4, -0.2) is 19.2 Å². The Balaban J connectivity index is 1.76. The van der Waals surface area contributed by atoms with Crippen molar-refractivity contribution in [3.05, 3.63) is 59.4 Å². The van der Waals surface area contributed by atoms with Crippen molar-refractivity contribution in [2.45, 2.75) is 20.3 Å². The van der Waals surface area contributed by atoms with E-state index < -0.39 is 0 Å². The number of hydrogen-bond donors (Lipinski definition) is 2. The van der Waals surface area contributed by atoms with Crippen molar-refractivity contribution >= 4 is 11.7 Å². The van der Waals surface area contributed by atoms with Crippen molar-refractivity contribution in [3.63, 3.8) is 0 Å². The van der Waals surface area contributed by atoms with Crippen LogP contribution in [0.15, 0.2) is 42.5 Å². The van der Waals surface area contributed by atoms with Crippen LogP contribution in [0.1, 0.15) is 18.1 Å². The second kappa shape index (κ2) is 8.17. The summed E-state index contributed by atoms with van der Waals surface area (Å²) in [6, 6.07) is 12.0. The number of urea groups is 1. The van der Waals surface area contributed by atoms with E-state index in [1.54, 1.807) is 19.1 Å². The number of hydrogen-bond acceptors (Lipinski definition) is 2. The van der Waals surface area contributed by atoms with Crippen LogP contribution < -0.4 is 15.4 Å². The third-order valence-electron chi connectivity index (χ3n) is 3.36. The fourth-order valence-electron chi connectivity index (χ4n) is 2.09. The van der Waals surface area contributed by atoms with Crippen LogP contribution in [-0.2, 0) is 6.42 Å². The van der Waals surface area contributed by atoms with E-state index in [1.165, 1.54) is 6.07 Å². The molecule has 0 atom stereocenters. The van der Waals surface area contributed by atoms with Gasteiger partial charge in [0.1, 0.15) is 11.6 Å². The molecule has 2 rings (SSSR count). The molecule has 2 aromatic rings. The molecule has 0 heterocycles. The summed E-state index contributed by atoms with van der Waals surface area (Å²) in [6.07, 6.45) is 0.710. The summed E-state index contributed by atoms with van der Waals surface area (Å²) < 4.78 is 18.8. The van der Waals surface area contributed by atoms with Crippen molar-refractivity contribution in [2.75, 3.05) is 18.5 Å². The van der Waals surface area contributed by atoms with Gasteiger partial charge in [0, 0.05) is 12.2 Å². The Labute approximate surface area is 135 Å². The van der Waals surface area contributed by atoms with E-state index in [0.29, 0.717) is 30.8 Å². The summed E-state index contributed by atoms with van der Waals surface area (Å²) in [5.74, 6) is 0.500. The molecule has 0 fully saturated rings. The Morgan fingerprint density at radius 2 is 1.91 bits per heavy atom. The molecule has 0 aliphatic rings. The Hall–Kier alpha value is -2.56. The van der Waals surface area contributed by atoms with Gasteiger partial charge in [-0.15, -0.1) is 0 Å². The van der Waals surface area contributed by atoms with Crippen LogP contribution in [0.3, 0.4) is 0 Å². The Morgan fingerprint density at radius 1 is 1.17 bits per heavy atom. The highest BCUT2D eigenvalue weighted by molar-refractivity contribution is 5.89. The number of ether oxygens (including phenoxy) is 1. The third kappa shape index (κ3) is 5.29. The van der Waals surface area contributed by atoms with Crippen molar-refractivity contribution in [2.24, 2.45) is 0 Å². The highest BCUT2D eigenvalue weighted by Gasteiger charge is 2.04. The molecule has 2 N–H and O–H groups in total. The van der Waals surface area contributed by atoms with Gasteiger partial charge in [-0.05, 0) is 55.7 Å². The van der Waals surface area contributed by atoms with Gasteiger partial charge in [0.25, 0.3) is 0 Å². The summed E-state index contributed by atoms with van der Waals surface area (Å²) in [5, 5.41) is 5.36. The molecular formula is C18H21FN2O2. The minimum Gasteiger partial charge on any atom is -0.494 e. The van der Waals surface area contributed by atoms with Gasteiger partial charge in [0.05, 0.1) is 6.61 Å². The molecule has 0 aromatic heterocycles. The Kier molecular flexibility index (Phi) is 5.97. The van der Waals surface area contributed by atoms with Gasteiger partial charge in [-0.1, -0.05) is 18.2 Å². The number of rotatable bonds is 6. The SMILES string of the molecule is CCOc1ccc(CCNC(=O)Nc2ccc(C)c(F)c2)cc1. The van der Waals surface area contributed by atoms with Crippen LogP contribution in [0.2, 0.25) is 0 Å². The number of benzene rings is 2. The average molecular weight is 316 g/mol. The molecule has 4 nitrogen and oxygen atoms in total. The molecule has 5 heteroatoms. The van der Waals surface area contributed by atoms with E-state index in [2.05, 4.69) is 10.6 Å². The van der Waals surface area contributed by atoms with Gasteiger partial charge in [-0.25, -0.2) is 9.18 Å². The lowest BCUT2D eigenvalue weighted by Gasteiger charge is -2.09. The molecule has 23 heavy (non-hydrogen) atoms. The third-order valence-corrected chi connectivity index (χ3v) is 3.36. The summed E-state index contributed by atoms with van der Waals surface area (Å²) in [4.78, 5) is 11.8. The first kappa shape index (κ1) is 16.8. The number of nitrogens with one attached hydrogen (secondary N) is 2. The van der Waals surface area contributed by atoms with Crippen LogP contribution in [0.25, 0.3) is 0 Å². The fourth-order valence-corrected chi connectivity index (χ4v) is 2.09. The van der Waals surface area contributed by atoms with Crippen LogP contribution in [0, 0.1) is 12.7 Å². The topological polar surface area (TPSA) is 50.4 Å². The number of amides is 2. The molecule has 0 saturated heterocycles. The summed E-state index contributed by atoms with van der Waals surface area (Å²) >= 11 is 0. The molecule has 122 valence electrons. The largest absolute Gasteiger partial charge is 0.494 e. The standard InChI is InChI=1S/C18H21FN2O2/c1-3-23-16-8-5-14(6-9-16)10-11-20-18(22)21-15-7-4-13(2)17(19)12-15/h4-9,12H,3,10-11H2,1-2H3,(H2,20,21,22). The number of anilines is 1. The van der Waals surface area contributed by atoms with Gasteiger partial charge < -0.3 is 15.4 Å². The number of halogens is 1. The maximum Gasteiger partial charge on any atom is 0.319 e. The second-order valence-corrected chi connectivity index (χ2v) is 5.17. The first-order valence-corrected chi connectivity index (χ1v) is 7.61. The molecule has 2 amide bonds. The quantitative estimate of drug-likeness (QED) is 0.849. The molecule has 0 radical (unpaired) electrons. The fraction of sp³-hybridized carbons (Fsp3) is 0.278. The van der Waals surface area contributed by atoms with E-state index in [1.807, 2.05) is 31.2 Å². The first-order chi connectivity index (χ1) is 11.1. The molecule has 0 bridgehead atoms. The Morgan fingerprint density at radius 3 is 2.57 bits per heavy atom. The van der Waals surface area contributed by atoms with Crippen molar-refractivity contribution in [1.82, 2.24) is 5.32 Å². The normalized spacial score (nSPS) is 10.2. The molecule has 0 aliphatic carbocycles. The second-order valence-electron chi connectivity index (χ2n) is 5.17. The van der Waals surface area contributed by atoms with Crippen LogP contribution in [0.4, 0.5) is 14.9 Å². The monoisotopic (exact) mass is 316 g/mol. The minimum atomic E-state index is -0.348. The van der Waals surface area contributed by atoms with Gasteiger partial charge in [0.2, 0.25) is 0 Å². The summed E-state index contributed by atoms with van der Waals surface area (Å²) in [7, 11) is 0. The van der Waals surface area contributed by atoms with Crippen LogP contribution >= 0.6 is 0 Å². The van der Waals surface area contributed by atoms with E-state index in [9.17, 15) is 9.18 Å². The first-order valence-electron chi connectivity index (χ1n) is 7.61. The van der Waals surface area contributed by atoms with Crippen LogP contribution in [0.5, 0.6) is 5.75 Å². The summed E-state index contributed by atoms with van der Waals surface area (Å²) in [6.45, 7) is 4.75. The number of carbonyl (C=O) groups is 1. The zero-order chi connectivity index (χ0) is 16.7. The lowest BCUT2D eigenvalue weighted by atomic mass is 10.1. The van der Waals surface area contributed by atoms with Crippen molar-refractivity contribution in [3.8, 4) is 5.75 Å². The highest BCUT2D eigenvalue weighted by atomic mass is 19.1. The zero-order valence-electron chi connectivity index (χ0n) is 13.4. The number of carbonyl (C=O) groups excluding carboxylic acids is 1. The predicted octanol–water partition coefficient (Wildman–Crippen LogP) is 3.90. The maximum absolute atomic E-state index is 13.4. The molecule has 0 aliphatic heterocycles. The predicted molar refractivity (Wildman–Crippen MR) is 89.5 cm³/mol. The van der Waals surface area contributed by atoms with Crippen molar-refractivity contribution < 1.29 is 13.9 Å². The molecule has 0 unspecified atom stereocenters. The average Bonchev–Trinajstić information content (AvgIpc) is 2.53. The van der Waals surface area contributed by atoms with E-state index in [0.717, 1.165) is 11.3 Å². The van der Waals surface area contributed by atoms with Gasteiger partial charge >= 0.3 is 6.03 Å². The maximum atomic E-state index is 13.4. The van der Waals surface area contributed by atoms with Gasteiger partial charge in [0.15, 0.2) is 0 Å². The lowest BCUT2D eigenvalue weighted by molar-refractivity contribution is 0.252. The van der Waals surface area contributed by atoms with Crippen molar-refractivity contribution in [1.29, 1.82) is 0 Å². The highest BCUT2D eigenvalue weighted by Crippen LogP contribution is 2.14. The zero-order valence-corrected chi connectivity index (χ0v) is 13.4.